The third kappa shape index (κ3) is 2.86. The molecule has 0 aliphatic heterocycles. The van der Waals surface area contributed by atoms with Gasteiger partial charge in [0, 0.05) is 18.9 Å². The average molecular weight is 245 g/mol. The summed E-state index contributed by atoms with van der Waals surface area (Å²) in [5.41, 5.74) is 3.64. The lowest BCUT2D eigenvalue weighted by Crippen LogP contribution is -2.28. The van der Waals surface area contributed by atoms with Gasteiger partial charge in [0.15, 0.2) is 0 Å². The second-order valence-corrected chi connectivity index (χ2v) is 3.71. The number of nitrogens with two attached hydrogens (primary N) is 1. The minimum absolute atomic E-state index is 0.157. The topological polar surface area (TPSA) is 85.0 Å². The van der Waals surface area contributed by atoms with Crippen molar-refractivity contribution in [1.29, 1.82) is 0 Å². The van der Waals surface area contributed by atoms with Crippen LogP contribution in [0.1, 0.15) is 10.4 Å². The Balaban J connectivity index is 1.91. The fourth-order valence-electron chi connectivity index (χ4n) is 1.62. The first-order valence-electron chi connectivity index (χ1n) is 5.62. The molecule has 0 radical (unpaired) electrons. The summed E-state index contributed by atoms with van der Waals surface area (Å²) in [5, 5.41) is 6.87. The van der Waals surface area contributed by atoms with Gasteiger partial charge in [0.2, 0.25) is 0 Å². The molecule has 0 atom stereocenters. The van der Waals surface area contributed by atoms with Crippen LogP contribution < -0.4 is 16.6 Å². The molecule has 18 heavy (non-hydrogen) atoms. The number of amides is 1. The summed E-state index contributed by atoms with van der Waals surface area (Å²) in [6, 6.07) is 8.93. The zero-order valence-corrected chi connectivity index (χ0v) is 9.84. The highest BCUT2D eigenvalue weighted by Crippen LogP contribution is 2.12. The number of rotatable bonds is 5. The van der Waals surface area contributed by atoms with Crippen LogP contribution in [0.4, 0.5) is 5.69 Å². The van der Waals surface area contributed by atoms with Gasteiger partial charge in [0.05, 0.1) is 17.8 Å². The first-order chi connectivity index (χ1) is 8.81. The van der Waals surface area contributed by atoms with Gasteiger partial charge < -0.3 is 10.7 Å². The number of nitrogens with one attached hydrogen (secondary N) is 2. The summed E-state index contributed by atoms with van der Waals surface area (Å²) < 4.78 is 1.76. The smallest absolute Gasteiger partial charge is 0.253 e. The molecule has 1 heterocycles. The van der Waals surface area contributed by atoms with Crippen LogP contribution in [0.3, 0.4) is 0 Å². The van der Waals surface area contributed by atoms with Gasteiger partial charge in [-0.15, -0.1) is 0 Å². The SMILES string of the molecule is NNc1ccccc1C(=O)NCCn1cccn1. The molecule has 2 aromatic rings. The molecule has 0 fully saturated rings. The lowest BCUT2D eigenvalue weighted by molar-refractivity contribution is 0.0952. The first kappa shape index (κ1) is 12.1. The summed E-state index contributed by atoms with van der Waals surface area (Å²) in [5.74, 6) is 5.19. The second-order valence-electron chi connectivity index (χ2n) is 3.71. The van der Waals surface area contributed by atoms with Gasteiger partial charge in [0.1, 0.15) is 0 Å². The van der Waals surface area contributed by atoms with E-state index in [9.17, 15) is 4.79 Å². The lowest BCUT2D eigenvalue weighted by atomic mass is 10.1. The second kappa shape index (κ2) is 5.83. The number of carbonyl (C=O) groups excluding carboxylic acids is 1. The number of anilines is 1. The van der Waals surface area contributed by atoms with E-state index in [0.717, 1.165) is 0 Å². The molecule has 1 aromatic heterocycles. The average Bonchev–Trinajstić information content (AvgIpc) is 2.91. The van der Waals surface area contributed by atoms with Gasteiger partial charge >= 0.3 is 0 Å². The van der Waals surface area contributed by atoms with Crippen LogP contribution in [-0.2, 0) is 6.54 Å². The maximum atomic E-state index is 11.9. The minimum Gasteiger partial charge on any atom is -0.350 e. The number of para-hydroxylation sites is 1. The van der Waals surface area contributed by atoms with Crippen molar-refractivity contribution in [2.45, 2.75) is 6.54 Å². The van der Waals surface area contributed by atoms with Crippen molar-refractivity contribution < 1.29 is 4.79 Å². The molecular weight excluding hydrogens is 230 g/mol. The largest absolute Gasteiger partial charge is 0.350 e. The number of hydrogen-bond acceptors (Lipinski definition) is 4. The summed E-state index contributed by atoms with van der Waals surface area (Å²) in [7, 11) is 0. The molecule has 0 bridgehead atoms. The van der Waals surface area contributed by atoms with Gasteiger partial charge in [-0.05, 0) is 18.2 Å². The van der Waals surface area contributed by atoms with E-state index in [-0.39, 0.29) is 5.91 Å². The maximum Gasteiger partial charge on any atom is 0.253 e. The number of benzene rings is 1. The Labute approximate surface area is 105 Å². The van der Waals surface area contributed by atoms with Crippen LogP contribution in [-0.4, -0.2) is 22.2 Å². The van der Waals surface area contributed by atoms with Crippen LogP contribution in [0.25, 0.3) is 0 Å². The molecule has 2 rings (SSSR count). The van der Waals surface area contributed by atoms with E-state index in [1.165, 1.54) is 0 Å². The number of hydrazine groups is 1. The summed E-state index contributed by atoms with van der Waals surface area (Å²) in [6.45, 7) is 1.15. The fraction of sp³-hybridized carbons (Fsp3) is 0.167. The van der Waals surface area contributed by atoms with Crippen molar-refractivity contribution in [2.24, 2.45) is 5.84 Å². The number of nitrogen functional groups attached to an aromatic ring is 1. The molecular formula is C12H15N5O. The summed E-state index contributed by atoms with van der Waals surface area (Å²) in [4.78, 5) is 11.9. The Morgan fingerprint density at radius 2 is 2.17 bits per heavy atom. The van der Waals surface area contributed by atoms with E-state index in [4.69, 9.17) is 5.84 Å². The Hall–Kier alpha value is -2.34. The van der Waals surface area contributed by atoms with Crippen LogP contribution >= 0.6 is 0 Å². The van der Waals surface area contributed by atoms with E-state index in [1.54, 1.807) is 29.1 Å². The van der Waals surface area contributed by atoms with Crippen molar-refractivity contribution in [3.05, 3.63) is 48.3 Å². The highest BCUT2D eigenvalue weighted by Gasteiger charge is 2.09. The van der Waals surface area contributed by atoms with Crippen molar-refractivity contribution in [3.8, 4) is 0 Å². The fourth-order valence-corrected chi connectivity index (χ4v) is 1.62. The number of aromatic nitrogens is 2. The minimum atomic E-state index is -0.157. The molecule has 0 saturated carbocycles. The van der Waals surface area contributed by atoms with Gasteiger partial charge in [-0.2, -0.15) is 5.10 Å². The standard InChI is InChI=1S/C12H15N5O/c13-16-11-5-2-1-4-10(11)12(18)14-7-9-17-8-3-6-15-17/h1-6,8,16H,7,9,13H2,(H,14,18). The molecule has 0 saturated heterocycles. The van der Waals surface area contributed by atoms with E-state index >= 15 is 0 Å². The Morgan fingerprint density at radius 3 is 2.89 bits per heavy atom. The molecule has 0 unspecified atom stereocenters. The van der Waals surface area contributed by atoms with Crippen molar-refractivity contribution in [2.75, 3.05) is 12.0 Å². The highest BCUT2D eigenvalue weighted by molar-refractivity contribution is 5.99. The zero-order chi connectivity index (χ0) is 12.8. The monoisotopic (exact) mass is 245 g/mol. The number of nitrogens with zero attached hydrogens (tertiary/aromatic N) is 2. The first-order valence-corrected chi connectivity index (χ1v) is 5.62. The highest BCUT2D eigenvalue weighted by atomic mass is 16.1. The summed E-state index contributed by atoms with van der Waals surface area (Å²) >= 11 is 0. The molecule has 94 valence electrons. The molecule has 6 nitrogen and oxygen atoms in total. The molecule has 4 N–H and O–H groups in total. The third-order valence-electron chi connectivity index (χ3n) is 2.51. The lowest BCUT2D eigenvalue weighted by Gasteiger charge is -2.09. The molecule has 1 amide bonds. The Bertz CT molecular complexity index is 509. The number of carbonyl (C=O) groups is 1. The van der Waals surface area contributed by atoms with Crippen LogP contribution in [0.2, 0.25) is 0 Å². The van der Waals surface area contributed by atoms with E-state index in [2.05, 4.69) is 15.8 Å². The quantitative estimate of drug-likeness (QED) is 0.532. The van der Waals surface area contributed by atoms with Crippen molar-refractivity contribution in [3.63, 3.8) is 0 Å². The van der Waals surface area contributed by atoms with Crippen LogP contribution in [0, 0.1) is 0 Å². The van der Waals surface area contributed by atoms with Gasteiger partial charge in [0.25, 0.3) is 5.91 Å². The van der Waals surface area contributed by atoms with Crippen molar-refractivity contribution in [1.82, 2.24) is 15.1 Å². The van der Waals surface area contributed by atoms with E-state index < -0.39 is 0 Å². The molecule has 6 heteroatoms. The normalized spacial score (nSPS) is 10.1. The van der Waals surface area contributed by atoms with Gasteiger partial charge in [-0.1, -0.05) is 12.1 Å². The molecule has 0 aliphatic rings. The zero-order valence-electron chi connectivity index (χ0n) is 9.84. The number of hydrogen-bond donors (Lipinski definition) is 3. The molecule has 0 aliphatic carbocycles. The Kier molecular flexibility index (Phi) is 3.93. The molecule has 0 spiro atoms. The van der Waals surface area contributed by atoms with E-state index in [1.807, 2.05) is 18.3 Å². The Morgan fingerprint density at radius 1 is 1.33 bits per heavy atom. The maximum absolute atomic E-state index is 11.9. The predicted octanol–water partition coefficient (Wildman–Crippen LogP) is 0.599. The van der Waals surface area contributed by atoms with Gasteiger partial charge in [-0.3, -0.25) is 15.3 Å². The third-order valence-corrected chi connectivity index (χ3v) is 2.51. The van der Waals surface area contributed by atoms with Crippen LogP contribution in [0.15, 0.2) is 42.7 Å². The van der Waals surface area contributed by atoms with Crippen LogP contribution in [0.5, 0.6) is 0 Å². The van der Waals surface area contributed by atoms with E-state index in [0.29, 0.717) is 24.3 Å². The molecule has 1 aromatic carbocycles. The summed E-state index contributed by atoms with van der Waals surface area (Å²) in [6.07, 6.45) is 3.55. The predicted molar refractivity (Wildman–Crippen MR) is 68.8 cm³/mol. The van der Waals surface area contributed by atoms with Gasteiger partial charge in [-0.25, -0.2) is 0 Å². The van der Waals surface area contributed by atoms with Crippen molar-refractivity contribution >= 4 is 11.6 Å².